The third-order valence-corrected chi connectivity index (χ3v) is 5.28. The summed E-state index contributed by atoms with van der Waals surface area (Å²) in [6.45, 7) is 3.78. The minimum absolute atomic E-state index is 0.277. The molecule has 0 N–H and O–H groups in total. The minimum Gasteiger partial charge on any atom is -0.219 e. The lowest BCUT2D eigenvalue weighted by atomic mass is 10.2. The molecule has 0 aliphatic heterocycles. The van der Waals surface area contributed by atoms with Crippen LogP contribution in [0, 0.1) is 13.8 Å². The Kier molecular flexibility index (Phi) is 4.18. The third kappa shape index (κ3) is 3.27. The van der Waals surface area contributed by atoms with Crippen LogP contribution >= 0.6 is 31.9 Å². The van der Waals surface area contributed by atoms with Gasteiger partial charge in [-0.2, -0.15) is 0 Å². The first-order valence-corrected chi connectivity index (χ1v) is 8.65. The molecule has 2 aromatic rings. The van der Waals surface area contributed by atoms with E-state index in [1.165, 1.54) is 0 Å². The Hall–Kier alpha value is -0.650. The predicted molar refractivity (Wildman–Crippen MR) is 83.2 cm³/mol. The van der Waals surface area contributed by atoms with Gasteiger partial charge in [0.15, 0.2) is 0 Å². The van der Waals surface area contributed by atoms with Gasteiger partial charge >= 0.3 is 0 Å². The van der Waals surface area contributed by atoms with E-state index in [0.29, 0.717) is 4.90 Å². The third-order valence-electron chi connectivity index (χ3n) is 2.65. The van der Waals surface area contributed by atoms with E-state index in [1.807, 2.05) is 19.9 Å². The van der Waals surface area contributed by atoms with Crippen molar-refractivity contribution in [2.45, 2.75) is 23.6 Å². The zero-order chi connectivity index (χ0) is 14.2. The lowest BCUT2D eigenvalue weighted by molar-refractivity contribution is 0.596. The first-order valence-electron chi connectivity index (χ1n) is 5.58. The van der Waals surface area contributed by atoms with E-state index in [1.54, 1.807) is 30.3 Å². The second kappa shape index (κ2) is 5.38. The average Bonchev–Trinajstić information content (AvgIpc) is 2.26. The van der Waals surface area contributed by atoms with Crippen LogP contribution in [0.5, 0.6) is 0 Å². The summed E-state index contributed by atoms with van der Waals surface area (Å²) in [5.41, 5.74) is 1.88. The highest BCUT2D eigenvalue weighted by molar-refractivity contribution is 9.11. The molecule has 0 radical (unpaired) electrons. The molecule has 0 aromatic heterocycles. The summed E-state index contributed by atoms with van der Waals surface area (Å²) < 4.78 is 26.7. The van der Waals surface area contributed by atoms with Crippen molar-refractivity contribution in [1.82, 2.24) is 0 Å². The van der Waals surface area contributed by atoms with E-state index < -0.39 is 9.84 Å². The van der Waals surface area contributed by atoms with E-state index in [2.05, 4.69) is 31.9 Å². The number of aryl methyl sites for hydroxylation is 2. The summed E-state index contributed by atoms with van der Waals surface area (Å²) in [7, 11) is -3.49. The Labute approximate surface area is 130 Å². The molecule has 0 spiro atoms. The molecule has 100 valence electrons. The van der Waals surface area contributed by atoms with Gasteiger partial charge < -0.3 is 0 Å². The molecule has 0 bridgehead atoms. The van der Waals surface area contributed by atoms with Gasteiger partial charge in [-0.15, -0.1) is 0 Å². The van der Waals surface area contributed by atoms with E-state index in [0.717, 1.165) is 20.1 Å². The molecule has 0 amide bonds. The normalized spacial score (nSPS) is 11.6. The molecule has 5 heteroatoms. The summed E-state index contributed by atoms with van der Waals surface area (Å²) >= 11 is 6.62. The van der Waals surface area contributed by atoms with Crippen molar-refractivity contribution in [3.8, 4) is 0 Å². The van der Waals surface area contributed by atoms with Crippen molar-refractivity contribution in [2.75, 3.05) is 0 Å². The lowest BCUT2D eigenvalue weighted by Crippen LogP contribution is -2.03. The monoisotopic (exact) mass is 402 g/mol. The minimum atomic E-state index is -3.49. The molecule has 0 saturated heterocycles. The topological polar surface area (TPSA) is 34.1 Å². The Morgan fingerprint density at radius 1 is 0.737 bits per heavy atom. The van der Waals surface area contributed by atoms with Gasteiger partial charge in [0.2, 0.25) is 9.84 Å². The summed E-state index contributed by atoms with van der Waals surface area (Å²) in [6.07, 6.45) is 0. The number of sulfone groups is 1. The van der Waals surface area contributed by atoms with Gasteiger partial charge in [0.05, 0.1) is 9.79 Å². The molecule has 2 aromatic carbocycles. The van der Waals surface area contributed by atoms with Crippen molar-refractivity contribution in [1.29, 1.82) is 0 Å². The number of hydrogen-bond donors (Lipinski definition) is 0. The van der Waals surface area contributed by atoms with Crippen LogP contribution in [0.3, 0.4) is 0 Å². The van der Waals surface area contributed by atoms with Crippen molar-refractivity contribution in [2.24, 2.45) is 0 Å². The summed E-state index contributed by atoms with van der Waals surface area (Å²) in [6, 6.07) is 10.4. The standard InChI is InChI=1S/C14H12Br2O2S/c1-9-3-10(2)5-13(4-9)19(17,18)14-7-11(15)6-12(16)8-14/h3-8H,1-2H3. The maximum atomic E-state index is 12.6. The Bertz CT molecular complexity index is 639. The number of halogens is 2. The quantitative estimate of drug-likeness (QED) is 0.730. The second-order valence-corrected chi connectivity index (χ2v) is 8.21. The first-order chi connectivity index (χ1) is 8.79. The van der Waals surface area contributed by atoms with Crippen LogP contribution in [0.4, 0.5) is 0 Å². The maximum Gasteiger partial charge on any atom is 0.206 e. The van der Waals surface area contributed by atoms with Crippen molar-refractivity contribution in [3.05, 3.63) is 56.5 Å². The van der Waals surface area contributed by atoms with Gasteiger partial charge in [-0.25, -0.2) is 8.42 Å². The van der Waals surface area contributed by atoms with Crippen LogP contribution in [-0.2, 0) is 9.84 Å². The van der Waals surface area contributed by atoms with E-state index >= 15 is 0 Å². The predicted octanol–water partition coefficient (Wildman–Crippen LogP) is 4.66. The molecular weight excluding hydrogens is 392 g/mol. The Morgan fingerprint density at radius 2 is 1.16 bits per heavy atom. The molecule has 0 heterocycles. The zero-order valence-corrected chi connectivity index (χ0v) is 14.4. The van der Waals surface area contributed by atoms with Crippen molar-refractivity contribution < 1.29 is 8.42 Å². The average molecular weight is 404 g/mol. The Morgan fingerprint density at radius 3 is 1.63 bits per heavy atom. The SMILES string of the molecule is Cc1cc(C)cc(S(=O)(=O)c2cc(Br)cc(Br)c2)c1. The first kappa shape index (κ1) is 14.8. The van der Waals surface area contributed by atoms with Crippen LogP contribution in [-0.4, -0.2) is 8.42 Å². The van der Waals surface area contributed by atoms with Crippen LogP contribution in [0.15, 0.2) is 55.1 Å². The number of benzene rings is 2. The Balaban J connectivity index is 2.65. The van der Waals surface area contributed by atoms with Crippen LogP contribution in [0.25, 0.3) is 0 Å². The number of hydrogen-bond acceptors (Lipinski definition) is 2. The fourth-order valence-corrected chi connectivity index (χ4v) is 5.02. The van der Waals surface area contributed by atoms with E-state index in [9.17, 15) is 8.42 Å². The second-order valence-electron chi connectivity index (χ2n) is 4.43. The highest BCUT2D eigenvalue weighted by Crippen LogP contribution is 2.28. The summed E-state index contributed by atoms with van der Waals surface area (Å²) in [5.74, 6) is 0. The van der Waals surface area contributed by atoms with Gasteiger partial charge in [-0.05, 0) is 55.3 Å². The zero-order valence-electron chi connectivity index (χ0n) is 10.4. The fraction of sp³-hybridized carbons (Fsp3) is 0.143. The van der Waals surface area contributed by atoms with Gasteiger partial charge in [0, 0.05) is 8.95 Å². The fourth-order valence-electron chi connectivity index (χ4n) is 1.91. The summed E-state index contributed by atoms with van der Waals surface area (Å²) in [4.78, 5) is 0.605. The molecule has 2 nitrogen and oxygen atoms in total. The largest absolute Gasteiger partial charge is 0.219 e. The summed E-state index contributed by atoms with van der Waals surface area (Å²) in [5, 5.41) is 0. The number of rotatable bonds is 2. The maximum absolute atomic E-state index is 12.6. The molecule has 0 fully saturated rings. The highest BCUT2D eigenvalue weighted by atomic mass is 79.9. The molecule has 2 rings (SSSR count). The smallest absolute Gasteiger partial charge is 0.206 e. The van der Waals surface area contributed by atoms with Crippen LogP contribution in [0.2, 0.25) is 0 Å². The van der Waals surface area contributed by atoms with E-state index in [-0.39, 0.29) is 4.90 Å². The molecule has 0 atom stereocenters. The van der Waals surface area contributed by atoms with Gasteiger partial charge in [-0.3, -0.25) is 0 Å². The molecule has 0 saturated carbocycles. The van der Waals surface area contributed by atoms with Crippen molar-refractivity contribution >= 4 is 41.7 Å². The molecule has 0 aliphatic carbocycles. The van der Waals surface area contributed by atoms with E-state index in [4.69, 9.17) is 0 Å². The molecule has 0 aliphatic rings. The van der Waals surface area contributed by atoms with Crippen molar-refractivity contribution in [3.63, 3.8) is 0 Å². The van der Waals surface area contributed by atoms with Crippen LogP contribution in [0.1, 0.15) is 11.1 Å². The van der Waals surface area contributed by atoms with Gasteiger partial charge in [0.25, 0.3) is 0 Å². The molecule has 19 heavy (non-hydrogen) atoms. The highest BCUT2D eigenvalue weighted by Gasteiger charge is 2.19. The molecule has 0 unspecified atom stereocenters. The van der Waals surface area contributed by atoms with Gasteiger partial charge in [0.1, 0.15) is 0 Å². The van der Waals surface area contributed by atoms with Crippen LogP contribution < -0.4 is 0 Å². The molecular formula is C14H12Br2O2S. The lowest BCUT2D eigenvalue weighted by Gasteiger charge is -2.08. The van der Waals surface area contributed by atoms with Gasteiger partial charge in [-0.1, -0.05) is 37.9 Å².